The number of amides is 2. The predicted octanol–water partition coefficient (Wildman–Crippen LogP) is 5.48. The summed E-state index contributed by atoms with van der Waals surface area (Å²) in [5.74, 6) is 0.897. The standard InChI is InChI=1S/C34H41N3O5/c1-3-41-31(38)28(23-9-5-4-6-10-23)20-36-32(39)34(2,18-26-19-35-29-12-8-7-11-27(26)29)37-33(40)42-30-24-14-21-13-22(16-24)17-25(30)15-21/h4-12,19,21-22,24-25,28,30,35H,3,13-18,20H2,1-2H3,(H,36,39)(H,37,40)/t21?,22?,24?,25?,28?,30?,34-/m1/s1. The van der Waals surface area contributed by atoms with Crippen LogP contribution < -0.4 is 10.6 Å². The fraction of sp³-hybridized carbons (Fsp3) is 0.500. The molecule has 42 heavy (non-hydrogen) atoms. The Labute approximate surface area is 246 Å². The lowest BCUT2D eigenvalue weighted by atomic mass is 9.55. The number of aromatic nitrogens is 1. The van der Waals surface area contributed by atoms with E-state index < -0.39 is 23.5 Å². The minimum atomic E-state index is -1.33. The smallest absolute Gasteiger partial charge is 0.408 e. The van der Waals surface area contributed by atoms with E-state index in [1.165, 1.54) is 6.42 Å². The average Bonchev–Trinajstić information content (AvgIpc) is 3.37. The first-order valence-corrected chi connectivity index (χ1v) is 15.4. The Hall–Kier alpha value is -3.81. The molecule has 4 aliphatic rings. The van der Waals surface area contributed by atoms with Gasteiger partial charge in [-0.3, -0.25) is 9.59 Å². The van der Waals surface area contributed by atoms with Crippen molar-refractivity contribution in [2.45, 2.75) is 69.9 Å². The molecular weight excluding hydrogens is 530 g/mol. The number of fused-ring (bicyclic) bond motifs is 1. The summed E-state index contributed by atoms with van der Waals surface area (Å²) < 4.78 is 11.5. The summed E-state index contributed by atoms with van der Waals surface area (Å²) in [6.45, 7) is 3.77. The number of para-hydroxylation sites is 1. The zero-order chi connectivity index (χ0) is 29.3. The van der Waals surface area contributed by atoms with Gasteiger partial charge in [0.15, 0.2) is 0 Å². The number of nitrogens with one attached hydrogen (secondary N) is 3. The molecule has 4 saturated carbocycles. The van der Waals surface area contributed by atoms with Gasteiger partial charge in [-0.15, -0.1) is 0 Å². The maximum atomic E-state index is 14.0. The topological polar surface area (TPSA) is 110 Å². The lowest BCUT2D eigenvalue weighted by molar-refractivity contribution is -0.145. The van der Waals surface area contributed by atoms with Gasteiger partial charge in [0.25, 0.3) is 0 Å². The van der Waals surface area contributed by atoms with E-state index in [1.807, 2.05) is 60.8 Å². The minimum absolute atomic E-state index is 0.0391. The summed E-state index contributed by atoms with van der Waals surface area (Å²) in [6.07, 6.45) is 7.32. The van der Waals surface area contributed by atoms with Gasteiger partial charge in [0.1, 0.15) is 11.6 Å². The van der Waals surface area contributed by atoms with Crippen molar-refractivity contribution < 1.29 is 23.9 Å². The van der Waals surface area contributed by atoms with E-state index in [9.17, 15) is 14.4 Å². The molecule has 4 fully saturated rings. The van der Waals surface area contributed by atoms with Crippen LogP contribution in [0.5, 0.6) is 0 Å². The SMILES string of the molecule is CCOC(=O)C(CNC(=O)[C@@](C)(Cc1c[nH]c2ccccc12)NC(=O)OC1C2CC3CC(C2)CC1C3)c1ccccc1. The number of carbonyl (C=O) groups is 3. The van der Waals surface area contributed by atoms with Crippen LogP contribution in [0.15, 0.2) is 60.8 Å². The van der Waals surface area contributed by atoms with Crippen LogP contribution in [0.25, 0.3) is 10.9 Å². The zero-order valence-electron chi connectivity index (χ0n) is 24.4. The summed E-state index contributed by atoms with van der Waals surface area (Å²) in [5, 5.41) is 6.92. The third kappa shape index (κ3) is 5.76. The molecule has 2 aromatic carbocycles. The lowest BCUT2D eigenvalue weighted by Gasteiger charge is -2.53. The average molecular weight is 572 g/mol. The van der Waals surface area contributed by atoms with Gasteiger partial charge in [-0.05, 0) is 86.8 Å². The number of esters is 1. The second-order valence-corrected chi connectivity index (χ2v) is 12.7. The van der Waals surface area contributed by atoms with E-state index in [0.717, 1.165) is 59.5 Å². The number of hydrogen-bond acceptors (Lipinski definition) is 5. The minimum Gasteiger partial charge on any atom is -0.465 e. The first-order chi connectivity index (χ1) is 20.3. The highest BCUT2D eigenvalue weighted by atomic mass is 16.6. The molecule has 0 spiro atoms. The van der Waals surface area contributed by atoms with Crippen molar-refractivity contribution >= 4 is 28.9 Å². The van der Waals surface area contributed by atoms with Crippen molar-refractivity contribution in [1.82, 2.24) is 15.6 Å². The summed E-state index contributed by atoms with van der Waals surface area (Å²) >= 11 is 0. The Morgan fingerprint density at radius 2 is 1.62 bits per heavy atom. The van der Waals surface area contributed by atoms with Crippen molar-refractivity contribution in [3.63, 3.8) is 0 Å². The van der Waals surface area contributed by atoms with Gasteiger partial charge >= 0.3 is 12.1 Å². The fourth-order valence-electron chi connectivity index (χ4n) is 7.94. The van der Waals surface area contributed by atoms with Crippen molar-refractivity contribution in [3.05, 3.63) is 71.9 Å². The Morgan fingerprint density at radius 3 is 2.31 bits per heavy atom. The van der Waals surface area contributed by atoms with Crippen LogP contribution in [0.3, 0.4) is 0 Å². The maximum Gasteiger partial charge on any atom is 0.408 e. The van der Waals surface area contributed by atoms with Crippen LogP contribution in [0.4, 0.5) is 4.79 Å². The highest BCUT2D eigenvalue weighted by Gasteiger charge is 2.50. The highest BCUT2D eigenvalue weighted by Crippen LogP contribution is 2.54. The van der Waals surface area contributed by atoms with Gasteiger partial charge in [-0.1, -0.05) is 48.5 Å². The largest absolute Gasteiger partial charge is 0.465 e. The molecule has 7 rings (SSSR count). The van der Waals surface area contributed by atoms with Crippen LogP contribution in [0.2, 0.25) is 0 Å². The van der Waals surface area contributed by atoms with E-state index in [4.69, 9.17) is 9.47 Å². The Bertz CT molecular complexity index is 1410. The van der Waals surface area contributed by atoms with Crippen LogP contribution in [0.1, 0.15) is 63.0 Å². The number of benzene rings is 2. The summed E-state index contributed by atoms with van der Waals surface area (Å²) in [7, 11) is 0. The predicted molar refractivity (Wildman–Crippen MR) is 160 cm³/mol. The van der Waals surface area contributed by atoms with Crippen LogP contribution in [0, 0.1) is 23.7 Å². The Kier molecular flexibility index (Phi) is 7.97. The van der Waals surface area contributed by atoms with E-state index in [1.54, 1.807) is 13.8 Å². The molecule has 4 aliphatic carbocycles. The molecule has 8 nitrogen and oxygen atoms in total. The highest BCUT2D eigenvalue weighted by molar-refractivity contribution is 5.92. The van der Waals surface area contributed by atoms with Gasteiger partial charge in [-0.25, -0.2) is 4.79 Å². The Morgan fingerprint density at radius 1 is 0.952 bits per heavy atom. The molecule has 0 aliphatic heterocycles. The molecule has 8 heteroatoms. The molecule has 0 radical (unpaired) electrons. The first kappa shape index (κ1) is 28.3. The summed E-state index contributed by atoms with van der Waals surface area (Å²) in [5.41, 5.74) is 1.29. The molecular formula is C34H41N3O5. The molecule has 2 atom stereocenters. The molecule has 3 aromatic rings. The van der Waals surface area contributed by atoms with Gasteiger partial charge < -0.3 is 25.1 Å². The summed E-state index contributed by atoms with van der Waals surface area (Å²) in [6, 6.07) is 17.2. The Balaban J connectivity index is 1.21. The van der Waals surface area contributed by atoms with Gasteiger partial charge in [0.2, 0.25) is 5.91 Å². The van der Waals surface area contributed by atoms with E-state index >= 15 is 0 Å². The fourth-order valence-corrected chi connectivity index (χ4v) is 7.94. The van der Waals surface area contributed by atoms with E-state index in [-0.39, 0.29) is 31.6 Å². The molecule has 3 N–H and O–H groups in total. The number of carbonyl (C=O) groups excluding carboxylic acids is 3. The number of hydrogen-bond donors (Lipinski definition) is 3. The summed E-state index contributed by atoms with van der Waals surface area (Å²) in [4.78, 5) is 43.6. The second-order valence-electron chi connectivity index (χ2n) is 12.7. The first-order valence-electron chi connectivity index (χ1n) is 15.4. The molecule has 1 aromatic heterocycles. The quantitative estimate of drug-likeness (QED) is 0.279. The van der Waals surface area contributed by atoms with Crippen molar-refractivity contribution in [2.24, 2.45) is 23.7 Å². The van der Waals surface area contributed by atoms with Crippen molar-refractivity contribution in [1.29, 1.82) is 0 Å². The number of rotatable bonds is 10. The van der Waals surface area contributed by atoms with Gasteiger partial charge in [0, 0.05) is 30.1 Å². The van der Waals surface area contributed by atoms with Crippen molar-refractivity contribution in [3.8, 4) is 0 Å². The number of H-pyrrole nitrogens is 1. The van der Waals surface area contributed by atoms with Crippen LogP contribution >= 0.6 is 0 Å². The number of alkyl carbamates (subject to hydrolysis) is 1. The van der Waals surface area contributed by atoms with Gasteiger partial charge in [-0.2, -0.15) is 0 Å². The second kappa shape index (κ2) is 11.8. The van der Waals surface area contributed by atoms with Crippen LogP contribution in [-0.2, 0) is 25.5 Å². The zero-order valence-corrected chi connectivity index (χ0v) is 24.4. The molecule has 222 valence electrons. The molecule has 0 saturated heterocycles. The third-order valence-corrected chi connectivity index (χ3v) is 9.72. The van der Waals surface area contributed by atoms with Gasteiger partial charge in [0.05, 0.1) is 12.5 Å². The van der Waals surface area contributed by atoms with Crippen molar-refractivity contribution in [2.75, 3.05) is 13.2 Å². The molecule has 1 unspecified atom stereocenters. The maximum absolute atomic E-state index is 14.0. The lowest BCUT2D eigenvalue weighted by Crippen LogP contribution is -2.60. The third-order valence-electron chi connectivity index (χ3n) is 9.72. The molecule has 2 amide bonds. The number of ether oxygens (including phenoxy) is 2. The van der Waals surface area contributed by atoms with E-state index in [2.05, 4.69) is 15.6 Å². The van der Waals surface area contributed by atoms with Crippen LogP contribution in [-0.4, -0.2) is 47.7 Å². The number of aromatic amines is 1. The van der Waals surface area contributed by atoms with E-state index in [0.29, 0.717) is 11.8 Å². The molecule has 4 bridgehead atoms. The molecule has 1 heterocycles. The normalized spacial score (nSPS) is 26.3. The monoisotopic (exact) mass is 571 g/mol.